The predicted octanol–water partition coefficient (Wildman–Crippen LogP) is 10.00. The van der Waals surface area contributed by atoms with E-state index in [2.05, 4.69) is 116 Å². The minimum absolute atomic E-state index is 0.0473. The van der Waals surface area contributed by atoms with Crippen molar-refractivity contribution in [1.82, 2.24) is 15.0 Å². The molecule has 0 spiro atoms. The lowest BCUT2D eigenvalue weighted by molar-refractivity contribution is 0.660. The molecule has 3 nitrogen and oxygen atoms in total. The zero-order chi connectivity index (χ0) is 29.0. The van der Waals surface area contributed by atoms with Crippen LogP contribution in [-0.2, 0) is 5.41 Å². The van der Waals surface area contributed by atoms with Gasteiger partial charge in [0, 0.05) is 22.7 Å². The molecule has 1 aliphatic carbocycles. The average Bonchev–Trinajstić information content (AvgIpc) is 3.31. The standard InChI is InChI=1S/C40H29N3/c1-40(2)33-19-9-8-17-32(33)38-31(18-12-20-34(38)40)29-22-23-30(28-16-7-6-15-27(28)29)36-25-37(35-21-10-11-24-41-35)43-39(42-36)26-13-4-3-5-14-26/h3-25H,1-2H3. The third-order valence-corrected chi connectivity index (χ3v) is 8.78. The Morgan fingerprint density at radius 2 is 1.12 bits per heavy atom. The molecular weight excluding hydrogens is 522 g/mol. The summed E-state index contributed by atoms with van der Waals surface area (Å²) >= 11 is 0. The van der Waals surface area contributed by atoms with Gasteiger partial charge < -0.3 is 0 Å². The lowest BCUT2D eigenvalue weighted by Gasteiger charge is -2.21. The number of pyridine rings is 1. The zero-order valence-corrected chi connectivity index (χ0v) is 24.1. The maximum absolute atomic E-state index is 5.12. The van der Waals surface area contributed by atoms with Crippen LogP contribution in [0.1, 0.15) is 25.0 Å². The summed E-state index contributed by atoms with van der Waals surface area (Å²) in [4.78, 5) is 14.7. The van der Waals surface area contributed by atoms with Gasteiger partial charge in [-0.1, -0.05) is 129 Å². The van der Waals surface area contributed by atoms with E-state index >= 15 is 0 Å². The molecule has 43 heavy (non-hydrogen) atoms. The van der Waals surface area contributed by atoms with E-state index < -0.39 is 0 Å². The molecule has 8 rings (SSSR count). The van der Waals surface area contributed by atoms with Crippen molar-refractivity contribution in [2.75, 3.05) is 0 Å². The SMILES string of the molecule is CC1(C)c2ccccc2-c2c(-c3ccc(-c4cc(-c5ccccn5)nc(-c5ccccc5)n4)c4ccccc34)cccc21. The van der Waals surface area contributed by atoms with Gasteiger partial charge >= 0.3 is 0 Å². The van der Waals surface area contributed by atoms with Gasteiger partial charge in [-0.3, -0.25) is 4.98 Å². The Labute approximate surface area is 251 Å². The van der Waals surface area contributed by atoms with Gasteiger partial charge in [0.15, 0.2) is 5.82 Å². The first-order chi connectivity index (χ1) is 21.1. The molecule has 0 saturated heterocycles. The summed E-state index contributed by atoms with van der Waals surface area (Å²) in [5, 5.41) is 2.36. The first-order valence-electron chi connectivity index (χ1n) is 14.7. The quantitative estimate of drug-likeness (QED) is 0.218. The highest BCUT2D eigenvalue weighted by molar-refractivity contribution is 6.07. The Hall–Kier alpha value is -5.41. The second-order valence-electron chi connectivity index (χ2n) is 11.6. The fourth-order valence-corrected chi connectivity index (χ4v) is 6.68. The van der Waals surface area contributed by atoms with Gasteiger partial charge in [0.05, 0.1) is 17.1 Å². The maximum atomic E-state index is 5.12. The number of fused-ring (bicyclic) bond motifs is 4. The molecule has 0 atom stereocenters. The fourth-order valence-electron chi connectivity index (χ4n) is 6.68. The van der Waals surface area contributed by atoms with Crippen LogP contribution in [0.25, 0.3) is 67.1 Å². The number of rotatable bonds is 4. The summed E-state index contributed by atoms with van der Waals surface area (Å²) in [5.41, 5.74) is 12.4. The Kier molecular flexibility index (Phi) is 5.80. The minimum atomic E-state index is -0.0473. The van der Waals surface area contributed by atoms with E-state index in [0.29, 0.717) is 5.82 Å². The molecule has 5 aromatic carbocycles. The van der Waals surface area contributed by atoms with E-state index in [4.69, 9.17) is 9.97 Å². The van der Waals surface area contributed by atoms with Crippen molar-refractivity contribution in [1.29, 1.82) is 0 Å². The second kappa shape index (κ2) is 9.85. The lowest BCUT2D eigenvalue weighted by atomic mass is 9.81. The van der Waals surface area contributed by atoms with Crippen molar-refractivity contribution < 1.29 is 0 Å². The van der Waals surface area contributed by atoms with Gasteiger partial charge in [-0.2, -0.15) is 0 Å². The monoisotopic (exact) mass is 551 g/mol. The predicted molar refractivity (Wildman–Crippen MR) is 177 cm³/mol. The van der Waals surface area contributed by atoms with Crippen LogP contribution in [0.15, 0.2) is 140 Å². The van der Waals surface area contributed by atoms with E-state index in [0.717, 1.165) is 33.6 Å². The van der Waals surface area contributed by atoms with Gasteiger partial charge in [0.25, 0.3) is 0 Å². The van der Waals surface area contributed by atoms with Gasteiger partial charge in [-0.05, 0) is 62.4 Å². The van der Waals surface area contributed by atoms with Gasteiger partial charge in [0.2, 0.25) is 0 Å². The number of aromatic nitrogens is 3. The molecule has 0 unspecified atom stereocenters. The highest BCUT2D eigenvalue weighted by Gasteiger charge is 2.36. The van der Waals surface area contributed by atoms with Crippen molar-refractivity contribution in [3.8, 4) is 56.3 Å². The Bertz CT molecular complexity index is 2090. The molecule has 0 saturated carbocycles. The fraction of sp³-hybridized carbons (Fsp3) is 0.0750. The van der Waals surface area contributed by atoms with E-state index in [1.165, 1.54) is 38.8 Å². The number of hydrogen-bond donors (Lipinski definition) is 0. The largest absolute Gasteiger partial charge is 0.255 e. The molecule has 204 valence electrons. The number of benzene rings is 5. The van der Waals surface area contributed by atoms with Crippen molar-refractivity contribution in [2.45, 2.75) is 19.3 Å². The van der Waals surface area contributed by atoms with Crippen LogP contribution >= 0.6 is 0 Å². The van der Waals surface area contributed by atoms with Crippen LogP contribution in [0.2, 0.25) is 0 Å². The Morgan fingerprint density at radius 3 is 1.93 bits per heavy atom. The first-order valence-corrected chi connectivity index (χ1v) is 14.7. The van der Waals surface area contributed by atoms with Crippen LogP contribution in [0.4, 0.5) is 0 Å². The molecule has 0 radical (unpaired) electrons. The van der Waals surface area contributed by atoms with Crippen molar-refractivity contribution in [3.63, 3.8) is 0 Å². The van der Waals surface area contributed by atoms with Crippen LogP contribution in [0.3, 0.4) is 0 Å². The molecule has 2 aromatic heterocycles. The zero-order valence-electron chi connectivity index (χ0n) is 24.1. The number of nitrogens with zero attached hydrogens (tertiary/aromatic N) is 3. The summed E-state index contributed by atoms with van der Waals surface area (Å²) in [6.45, 7) is 4.67. The highest BCUT2D eigenvalue weighted by Crippen LogP contribution is 2.52. The first kappa shape index (κ1) is 25.3. The number of hydrogen-bond acceptors (Lipinski definition) is 3. The summed E-state index contributed by atoms with van der Waals surface area (Å²) in [6.07, 6.45) is 1.81. The lowest BCUT2D eigenvalue weighted by Crippen LogP contribution is -2.14. The Morgan fingerprint density at radius 1 is 0.465 bits per heavy atom. The van der Waals surface area contributed by atoms with Gasteiger partial charge in [-0.15, -0.1) is 0 Å². The molecule has 0 N–H and O–H groups in total. The smallest absolute Gasteiger partial charge is 0.160 e. The third-order valence-electron chi connectivity index (χ3n) is 8.78. The average molecular weight is 552 g/mol. The maximum Gasteiger partial charge on any atom is 0.160 e. The topological polar surface area (TPSA) is 38.7 Å². The van der Waals surface area contributed by atoms with Crippen molar-refractivity contribution in [3.05, 3.63) is 151 Å². The molecular formula is C40H29N3. The molecule has 7 aromatic rings. The van der Waals surface area contributed by atoms with Crippen LogP contribution in [0.5, 0.6) is 0 Å². The summed E-state index contributed by atoms with van der Waals surface area (Å²) < 4.78 is 0. The minimum Gasteiger partial charge on any atom is -0.255 e. The molecule has 3 heteroatoms. The van der Waals surface area contributed by atoms with E-state index in [-0.39, 0.29) is 5.41 Å². The normalized spacial score (nSPS) is 13.1. The molecule has 0 bridgehead atoms. The summed E-state index contributed by atoms with van der Waals surface area (Å²) in [7, 11) is 0. The van der Waals surface area contributed by atoms with E-state index in [1.54, 1.807) is 6.20 Å². The van der Waals surface area contributed by atoms with E-state index in [9.17, 15) is 0 Å². The van der Waals surface area contributed by atoms with Crippen molar-refractivity contribution >= 4 is 10.8 Å². The van der Waals surface area contributed by atoms with Crippen LogP contribution in [-0.4, -0.2) is 15.0 Å². The molecule has 0 amide bonds. The third kappa shape index (κ3) is 4.08. The van der Waals surface area contributed by atoms with Crippen molar-refractivity contribution in [2.24, 2.45) is 0 Å². The van der Waals surface area contributed by atoms with E-state index in [1.807, 2.05) is 36.4 Å². The summed E-state index contributed by atoms with van der Waals surface area (Å²) in [6, 6.07) is 47.0. The van der Waals surface area contributed by atoms with Crippen LogP contribution < -0.4 is 0 Å². The summed E-state index contributed by atoms with van der Waals surface area (Å²) in [5.74, 6) is 0.687. The molecule has 0 fully saturated rings. The molecule has 2 heterocycles. The van der Waals surface area contributed by atoms with Crippen LogP contribution in [0, 0.1) is 0 Å². The molecule has 1 aliphatic rings. The van der Waals surface area contributed by atoms with Gasteiger partial charge in [-0.25, -0.2) is 9.97 Å². The highest BCUT2D eigenvalue weighted by atomic mass is 14.9. The molecule has 0 aliphatic heterocycles. The Balaban J connectivity index is 1.36. The van der Waals surface area contributed by atoms with Gasteiger partial charge in [0.1, 0.15) is 0 Å². The second-order valence-corrected chi connectivity index (χ2v) is 11.6.